The van der Waals surface area contributed by atoms with E-state index < -0.39 is 5.60 Å². The fourth-order valence-corrected chi connectivity index (χ4v) is 4.43. The highest BCUT2D eigenvalue weighted by molar-refractivity contribution is 5.69. The lowest BCUT2D eigenvalue weighted by Crippen LogP contribution is -2.60. The van der Waals surface area contributed by atoms with Crippen LogP contribution in [0.4, 0.5) is 4.79 Å². The number of nitrogens with zero attached hydrogens (tertiary/aromatic N) is 2. The summed E-state index contributed by atoms with van der Waals surface area (Å²) in [6, 6.07) is 4.45. The number of likely N-dealkylation sites (tertiary alicyclic amines) is 1. The molecule has 26 heavy (non-hydrogen) atoms. The molecule has 1 saturated carbocycles. The molecule has 2 fully saturated rings. The van der Waals surface area contributed by atoms with Crippen molar-refractivity contribution in [3.05, 3.63) is 29.1 Å². The molecule has 1 aromatic rings. The van der Waals surface area contributed by atoms with Gasteiger partial charge >= 0.3 is 6.09 Å². The maximum atomic E-state index is 12.2. The largest absolute Gasteiger partial charge is 0.444 e. The van der Waals surface area contributed by atoms with Crippen LogP contribution in [0.3, 0.4) is 0 Å². The smallest absolute Gasteiger partial charge is 0.410 e. The molecule has 0 N–H and O–H groups in total. The fourth-order valence-electron chi connectivity index (χ4n) is 4.43. The van der Waals surface area contributed by atoms with Crippen LogP contribution in [0.2, 0.25) is 0 Å². The number of carbonyl (C=O) groups is 1. The van der Waals surface area contributed by atoms with E-state index in [1.54, 1.807) is 0 Å². The highest BCUT2D eigenvalue weighted by Gasteiger charge is 2.48. The molecule has 1 aliphatic carbocycles. The predicted molar refractivity (Wildman–Crippen MR) is 105 cm³/mol. The molecule has 4 nitrogen and oxygen atoms in total. The minimum Gasteiger partial charge on any atom is -0.444 e. The summed E-state index contributed by atoms with van der Waals surface area (Å²) in [6.45, 7) is 14.1. The van der Waals surface area contributed by atoms with E-state index in [0.29, 0.717) is 17.3 Å². The average molecular weight is 359 g/mol. The van der Waals surface area contributed by atoms with E-state index in [9.17, 15) is 4.79 Å². The standard InChI is InChI=1S/C22H34N2O2/c1-15(2)19-16(3)7-8-18(23-19)17-9-11-22(12-10-17)13-24(14-22)20(25)26-21(4,5)6/h7-8,15,17H,9-14H2,1-6H3. The average Bonchev–Trinajstić information content (AvgIpc) is 2.51. The number of ether oxygens (including phenoxy) is 1. The molecule has 1 aromatic heterocycles. The first-order chi connectivity index (χ1) is 12.1. The molecular formula is C22H34N2O2. The first-order valence-corrected chi connectivity index (χ1v) is 10.0. The van der Waals surface area contributed by atoms with Gasteiger partial charge in [0.25, 0.3) is 0 Å². The van der Waals surface area contributed by atoms with E-state index in [1.165, 1.54) is 42.6 Å². The Bertz CT molecular complexity index is 659. The van der Waals surface area contributed by atoms with Gasteiger partial charge < -0.3 is 9.64 Å². The zero-order valence-electron chi connectivity index (χ0n) is 17.3. The molecule has 1 amide bonds. The molecule has 0 bridgehead atoms. The van der Waals surface area contributed by atoms with Gasteiger partial charge in [-0.2, -0.15) is 0 Å². The Hall–Kier alpha value is -1.58. The monoisotopic (exact) mass is 358 g/mol. The summed E-state index contributed by atoms with van der Waals surface area (Å²) in [6.07, 6.45) is 4.56. The Morgan fingerprint density at radius 3 is 2.38 bits per heavy atom. The fraction of sp³-hybridized carbons (Fsp3) is 0.727. The summed E-state index contributed by atoms with van der Waals surface area (Å²) >= 11 is 0. The number of carbonyl (C=O) groups excluding carboxylic acids is 1. The van der Waals surface area contributed by atoms with Crippen molar-refractivity contribution in [1.29, 1.82) is 0 Å². The van der Waals surface area contributed by atoms with Crippen molar-refractivity contribution in [3.8, 4) is 0 Å². The third-order valence-electron chi connectivity index (χ3n) is 5.87. The van der Waals surface area contributed by atoms with Gasteiger partial charge in [-0.3, -0.25) is 4.98 Å². The van der Waals surface area contributed by atoms with E-state index in [-0.39, 0.29) is 6.09 Å². The van der Waals surface area contributed by atoms with Crippen LogP contribution in [0.15, 0.2) is 12.1 Å². The lowest BCUT2D eigenvalue weighted by Gasteiger charge is -2.53. The maximum absolute atomic E-state index is 12.2. The molecule has 0 unspecified atom stereocenters. The summed E-state index contributed by atoms with van der Waals surface area (Å²) in [4.78, 5) is 19.0. The Labute approximate surface area is 158 Å². The molecule has 3 rings (SSSR count). The zero-order valence-corrected chi connectivity index (χ0v) is 17.3. The van der Waals surface area contributed by atoms with Crippen LogP contribution >= 0.6 is 0 Å². The Morgan fingerprint density at radius 2 is 1.85 bits per heavy atom. The van der Waals surface area contributed by atoms with Gasteiger partial charge in [0.1, 0.15) is 5.60 Å². The molecule has 144 valence electrons. The highest BCUT2D eigenvalue weighted by Crippen LogP contribution is 2.48. The minimum absolute atomic E-state index is 0.160. The van der Waals surface area contributed by atoms with E-state index in [0.717, 1.165) is 13.1 Å². The van der Waals surface area contributed by atoms with Crippen molar-refractivity contribution >= 4 is 6.09 Å². The van der Waals surface area contributed by atoms with Crippen molar-refractivity contribution in [2.75, 3.05) is 13.1 Å². The summed E-state index contributed by atoms with van der Waals surface area (Å²) < 4.78 is 5.49. The van der Waals surface area contributed by atoms with Crippen molar-refractivity contribution in [2.45, 2.75) is 84.7 Å². The number of amides is 1. The Morgan fingerprint density at radius 1 is 1.23 bits per heavy atom. The van der Waals surface area contributed by atoms with Crippen LogP contribution in [0.1, 0.15) is 89.1 Å². The van der Waals surface area contributed by atoms with Gasteiger partial charge in [0.15, 0.2) is 0 Å². The lowest BCUT2D eigenvalue weighted by atomic mass is 9.65. The molecule has 0 atom stereocenters. The molecule has 1 spiro atoms. The number of hydrogen-bond acceptors (Lipinski definition) is 3. The van der Waals surface area contributed by atoms with Crippen LogP contribution < -0.4 is 0 Å². The molecule has 1 aliphatic heterocycles. The second-order valence-electron chi connectivity index (χ2n) is 9.70. The Balaban J connectivity index is 1.56. The molecule has 1 saturated heterocycles. The summed E-state index contributed by atoms with van der Waals surface area (Å²) in [5, 5.41) is 0. The van der Waals surface area contributed by atoms with Crippen molar-refractivity contribution < 1.29 is 9.53 Å². The van der Waals surface area contributed by atoms with E-state index >= 15 is 0 Å². The molecule has 0 radical (unpaired) electrons. The van der Waals surface area contributed by atoms with Crippen molar-refractivity contribution in [2.24, 2.45) is 5.41 Å². The molecule has 2 heterocycles. The van der Waals surface area contributed by atoms with Crippen LogP contribution in [-0.2, 0) is 4.74 Å². The normalized spacial score (nSPS) is 20.3. The van der Waals surface area contributed by atoms with Gasteiger partial charge in [0.2, 0.25) is 0 Å². The first-order valence-electron chi connectivity index (χ1n) is 10.0. The number of hydrogen-bond donors (Lipinski definition) is 0. The second kappa shape index (κ2) is 6.86. The van der Waals surface area contributed by atoms with Crippen LogP contribution in [0.5, 0.6) is 0 Å². The Kier molecular flexibility index (Phi) is 5.06. The van der Waals surface area contributed by atoms with Crippen molar-refractivity contribution in [3.63, 3.8) is 0 Å². The van der Waals surface area contributed by atoms with Gasteiger partial charge in [-0.25, -0.2) is 4.79 Å². The van der Waals surface area contributed by atoms with Gasteiger partial charge in [0.05, 0.1) is 0 Å². The highest BCUT2D eigenvalue weighted by atomic mass is 16.6. The lowest BCUT2D eigenvalue weighted by molar-refractivity contribution is -0.0507. The quantitative estimate of drug-likeness (QED) is 0.710. The summed E-state index contributed by atoms with van der Waals surface area (Å²) in [7, 11) is 0. The van der Waals surface area contributed by atoms with Crippen LogP contribution in [0, 0.1) is 12.3 Å². The first kappa shape index (κ1) is 19.2. The van der Waals surface area contributed by atoms with E-state index in [1.807, 2.05) is 25.7 Å². The zero-order chi connectivity index (χ0) is 19.1. The maximum Gasteiger partial charge on any atom is 0.410 e. The summed E-state index contributed by atoms with van der Waals surface area (Å²) in [5.74, 6) is 1.04. The van der Waals surface area contributed by atoms with E-state index in [4.69, 9.17) is 9.72 Å². The topological polar surface area (TPSA) is 42.4 Å². The van der Waals surface area contributed by atoms with Gasteiger partial charge in [-0.1, -0.05) is 19.9 Å². The number of rotatable bonds is 2. The van der Waals surface area contributed by atoms with Gasteiger partial charge in [-0.15, -0.1) is 0 Å². The van der Waals surface area contributed by atoms with Gasteiger partial charge in [-0.05, 0) is 70.9 Å². The number of aryl methyl sites for hydroxylation is 1. The van der Waals surface area contributed by atoms with Crippen LogP contribution in [-0.4, -0.2) is 34.7 Å². The third kappa shape index (κ3) is 4.05. The molecule has 0 aromatic carbocycles. The summed E-state index contributed by atoms with van der Waals surface area (Å²) in [5.41, 5.74) is 3.70. The van der Waals surface area contributed by atoms with Crippen LogP contribution in [0.25, 0.3) is 0 Å². The molecule has 2 aliphatic rings. The third-order valence-corrected chi connectivity index (χ3v) is 5.87. The van der Waals surface area contributed by atoms with Gasteiger partial charge in [0, 0.05) is 35.8 Å². The van der Waals surface area contributed by atoms with E-state index in [2.05, 4.69) is 32.9 Å². The predicted octanol–water partition coefficient (Wildman–Crippen LogP) is 5.41. The van der Waals surface area contributed by atoms with Crippen molar-refractivity contribution in [1.82, 2.24) is 9.88 Å². The minimum atomic E-state index is -0.414. The molecular weight excluding hydrogens is 324 g/mol. The number of pyridine rings is 1. The molecule has 4 heteroatoms. The number of aromatic nitrogens is 1. The second-order valence-corrected chi connectivity index (χ2v) is 9.70. The SMILES string of the molecule is Cc1ccc(C2CCC3(CC2)CN(C(=O)OC(C)(C)C)C3)nc1C(C)C.